The van der Waals surface area contributed by atoms with Crippen molar-refractivity contribution >= 4 is 0 Å². The summed E-state index contributed by atoms with van der Waals surface area (Å²) in [5.41, 5.74) is 5.91. The van der Waals surface area contributed by atoms with Gasteiger partial charge in [-0.25, -0.2) is 0 Å². The lowest BCUT2D eigenvalue weighted by Gasteiger charge is -2.25. The fraction of sp³-hybridized carbons (Fsp3) is 0.867. The van der Waals surface area contributed by atoms with Crippen molar-refractivity contribution in [2.24, 2.45) is 17.6 Å². The summed E-state index contributed by atoms with van der Waals surface area (Å²) in [5, 5.41) is 4.20. The monoisotopic (exact) mass is 263 g/mol. The maximum absolute atomic E-state index is 6.33. The second-order valence-corrected chi connectivity index (χ2v) is 6.64. The fourth-order valence-electron chi connectivity index (χ4n) is 3.31. The average Bonchev–Trinajstić information content (AvgIpc) is 3.17. The Balaban J connectivity index is 1.68. The van der Waals surface area contributed by atoms with Crippen LogP contribution in [0, 0.1) is 11.8 Å². The largest absolute Gasteiger partial charge is 0.337 e. The molecular weight excluding hydrogens is 238 g/mol. The summed E-state index contributed by atoms with van der Waals surface area (Å²) in [5.74, 6) is 3.44. The zero-order chi connectivity index (χ0) is 13.5. The number of rotatable bonds is 4. The van der Waals surface area contributed by atoms with Crippen LogP contribution in [0.1, 0.15) is 76.4 Å². The highest BCUT2D eigenvalue weighted by Gasteiger charge is 2.44. The molecule has 4 nitrogen and oxygen atoms in total. The van der Waals surface area contributed by atoms with Crippen molar-refractivity contribution in [3.05, 3.63) is 11.7 Å². The zero-order valence-corrected chi connectivity index (χ0v) is 12.1. The summed E-state index contributed by atoms with van der Waals surface area (Å²) in [6.45, 7) is 4.31. The van der Waals surface area contributed by atoms with Crippen LogP contribution in [-0.2, 0) is 5.54 Å². The maximum Gasteiger partial charge on any atom is 0.246 e. The lowest BCUT2D eigenvalue weighted by molar-refractivity contribution is 0.268. The molecule has 0 saturated heterocycles. The second kappa shape index (κ2) is 4.89. The third-order valence-electron chi connectivity index (χ3n) is 5.12. The molecule has 1 aromatic heterocycles. The zero-order valence-electron chi connectivity index (χ0n) is 12.1. The molecule has 2 fully saturated rings. The van der Waals surface area contributed by atoms with E-state index in [4.69, 9.17) is 10.3 Å². The molecule has 0 bridgehead atoms. The Morgan fingerprint density at radius 2 is 1.89 bits per heavy atom. The molecule has 0 amide bonds. The summed E-state index contributed by atoms with van der Waals surface area (Å²) in [4.78, 5) is 4.61. The average molecular weight is 263 g/mol. The van der Waals surface area contributed by atoms with E-state index < -0.39 is 5.54 Å². The van der Waals surface area contributed by atoms with Gasteiger partial charge >= 0.3 is 0 Å². The van der Waals surface area contributed by atoms with Crippen molar-refractivity contribution in [3.8, 4) is 0 Å². The highest BCUT2D eigenvalue weighted by Crippen LogP contribution is 2.44. The molecule has 1 heterocycles. The Morgan fingerprint density at radius 3 is 2.47 bits per heavy atom. The topological polar surface area (TPSA) is 64.9 Å². The predicted octanol–water partition coefficient (Wildman–Crippen LogP) is 3.34. The minimum absolute atomic E-state index is 0.425. The van der Waals surface area contributed by atoms with E-state index in [1.165, 1.54) is 44.9 Å². The van der Waals surface area contributed by atoms with Gasteiger partial charge in [-0.3, -0.25) is 0 Å². The third kappa shape index (κ3) is 2.55. The highest BCUT2D eigenvalue weighted by atomic mass is 16.5. The predicted molar refractivity (Wildman–Crippen MR) is 73.6 cm³/mol. The Labute approximate surface area is 115 Å². The minimum Gasteiger partial charge on any atom is -0.337 e. The fourth-order valence-corrected chi connectivity index (χ4v) is 3.31. The van der Waals surface area contributed by atoms with Crippen molar-refractivity contribution in [2.45, 2.75) is 70.3 Å². The summed E-state index contributed by atoms with van der Waals surface area (Å²) >= 11 is 0. The first-order chi connectivity index (χ1) is 9.11. The molecule has 1 atom stereocenters. The SMILES string of the molecule is CCC1CCC(c2noc(C(C)(N)C3CC3)n2)CC1. The molecule has 1 unspecified atom stereocenters. The van der Waals surface area contributed by atoms with Crippen molar-refractivity contribution < 1.29 is 4.52 Å². The Bertz CT molecular complexity index is 428. The van der Waals surface area contributed by atoms with E-state index in [2.05, 4.69) is 17.1 Å². The molecule has 3 rings (SSSR count). The van der Waals surface area contributed by atoms with Crippen LogP contribution in [0.3, 0.4) is 0 Å². The molecule has 0 radical (unpaired) electrons. The highest BCUT2D eigenvalue weighted by molar-refractivity contribution is 5.09. The molecule has 0 aromatic carbocycles. The molecule has 2 aliphatic carbocycles. The smallest absolute Gasteiger partial charge is 0.246 e. The van der Waals surface area contributed by atoms with Crippen molar-refractivity contribution in [2.75, 3.05) is 0 Å². The normalized spacial score (nSPS) is 31.1. The van der Waals surface area contributed by atoms with Gasteiger partial charge in [0.05, 0.1) is 5.54 Å². The Hall–Kier alpha value is -0.900. The van der Waals surface area contributed by atoms with E-state index in [9.17, 15) is 0 Å². The van der Waals surface area contributed by atoms with Gasteiger partial charge in [0.1, 0.15) is 0 Å². The van der Waals surface area contributed by atoms with Crippen LogP contribution in [-0.4, -0.2) is 10.1 Å². The van der Waals surface area contributed by atoms with Gasteiger partial charge < -0.3 is 10.3 Å². The van der Waals surface area contributed by atoms with Gasteiger partial charge in [-0.15, -0.1) is 0 Å². The van der Waals surface area contributed by atoms with Crippen LogP contribution >= 0.6 is 0 Å². The van der Waals surface area contributed by atoms with Crippen LogP contribution in [0.5, 0.6) is 0 Å². The lowest BCUT2D eigenvalue weighted by atomic mass is 9.80. The summed E-state index contributed by atoms with van der Waals surface area (Å²) < 4.78 is 5.45. The Morgan fingerprint density at radius 1 is 1.21 bits per heavy atom. The van der Waals surface area contributed by atoms with Gasteiger partial charge in [0.25, 0.3) is 0 Å². The van der Waals surface area contributed by atoms with E-state index in [1.807, 2.05) is 6.92 Å². The standard InChI is InChI=1S/C15H25N3O/c1-3-10-4-6-11(7-5-10)13-17-14(19-18-13)15(2,16)12-8-9-12/h10-12H,3-9,16H2,1-2H3. The molecule has 0 spiro atoms. The number of hydrogen-bond acceptors (Lipinski definition) is 4. The maximum atomic E-state index is 6.33. The number of nitrogens with two attached hydrogens (primary N) is 1. The lowest BCUT2D eigenvalue weighted by Crippen LogP contribution is -2.35. The van der Waals surface area contributed by atoms with E-state index in [1.54, 1.807) is 0 Å². The van der Waals surface area contributed by atoms with Crippen molar-refractivity contribution in [1.82, 2.24) is 10.1 Å². The van der Waals surface area contributed by atoms with Crippen molar-refractivity contribution in [1.29, 1.82) is 0 Å². The third-order valence-corrected chi connectivity index (χ3v) is 5.12. The minimum atomic E-state index is -0.425. The molecule has 2 saturated carbocycles. The van der Waals surface area contributed by atoms with Crippen LogP contribution in [0.25, 0.3) is 0 Å². The molecule has 0 aliphatic heterocycles. The summed E-state index contributed by atoms with van der Waals surface area (Å²) in [6, 6.07) is 0. The van der Waals surface area contributed by atoms with Crippen LogP contribution in [0.2, 0.25) is 0 Å². The van der Waals surface area contributed by atoms with Crippen LogP contribution in [0.15, 0.2) is 4.52 Å². The van der Waals surface area contributed by atoms with Crippen LogP contribution < -0.4 is 5.73 Å². The second-order valence-electron chi connectivity index (χ2n) is 6.64. The molecule has 1 aromatic rings. The number of hydrogen-bond donors (Lipinski definition) is 1. The first-order valence-electron chi connectivity index (χ1n) is 7.74. The summed E-state index contributed by atoms with van der Waals surface area (Å²) in [6.07, 6.45) is 8.66. The van der Waals surface area contributed by atoms with Crippen molar-refractivity contribution in [3.63, 3.8) is 0 Å². The molecule has 2 aliphatic rings. The number of nitrogens with zero attached hydrogens (tertiary/aromatic N) is 2. The molecule has 4 heteroatoms. The molecular formula is C15H25N3O. The molecule has 19 heavy (non-hydrogen) atoms. The molecule has 106 valence electrons. The van der Waals surface area contributed by atoms with Gasteiger partial charge in [0, 0.05) is 5.92 Å². The van der Waals surface area contributed by atoms with E-state index >= 15 is 0 Å². The van der Waals surface area contributed by atoms with E-state index in [0.29, 0.717) is 17.7 Å². The summed E-state index contributed by atoms with van der Waals surface area (Å²) in [7, 11) is 0. The van der Waals surface area contributed by atoms with E-state index in [-0.39, 0.29) is 0 Å². The van der Waals surface area contributed by atoms with Crippen LogP contribution in [0.4, 0.5) is 0 Å². The van der Waals surface area contributed by atoms with Gasteiger partial charge in [-0.05, 0) is 57.3 Å². The number of aromatic nitrogens is 2. The van der Waals surface area contributed by atoms with Gasteiger partial charge in [0.15, 0.2) is 5.82 Å². The Kier molecular flexibility index (Phi) is 3.37. The molecule has 2 N–H and O–H groups in total. The first kappa shape index (κ1) is 13.1. The van der Waals surface area contributed by atoms with E-state index in [0.717, 1.165) is 11.7 Å². The van der Waals surface area contributed by atoms with Gasteiger partial charge in [0.2, 0.25) is 5.89 Å². The van der Waals surface area contributed by atoms with Gasteiger partial charge in [-0.2, -0.15) is 4.98 Å². The first-order valence-corrected chi connectivity index (χ1v) is 7.74. The van der Waals surface area contributed by atoms with Gasteiger partial charge in [-0.1, -0.05) is 18.5 Å². The quantitative estimate of drug-likeness (QED) is 0.904.